The predicted octanol–water partition coefficient (Wildman–Crippen LogP) is 3.36. The van der Waals surface area contributed by atoms with E-state index < -0.39 is 0 Å². The van der Waals surface area contributed by atoms with Crippen molar-refractivity contribution in [2.45, 2.75) is 62.8 Å². The van der Waals surface area contributed by atoms with E-state index in [0.29, 0.717) is 6.04 Å². The van der Waals surface area contributed by atoms with Gasteiger partial charge in [-0.15, -0.1) is 0 Å². The van der Waals surface area contributed by atoms with E-state index in [4.69, 9.17) is 0 Å². The molecule has 1 fully saturated rings. The number of rotatable bonds is 4. The Morgan fingerprint density at radius 1 is 1.33 bits per heavy atom. The van der Waals surface area contributed by atoms with Gasteiger partial charge in [0.2, 0.25) is 0 Å². The van der Waals surface area contributed by atoms with Crippen molar-refractivity contribution in [3.63, 3.8) is 0 Å². The fourth-order valence-electron chi connectivity index (χ4n) is 2.73. The quantitative estimate of drug-likeness (QED) is 0.736. The summed E-state index contributed by atoms with van der Waals surface area (Å²) in [6.07, 6.45) is 12.9. The number of hydrogen-bond donors (Lipinski definition) is 1. The summed E-state index contributed by atoms with van der Waals surface area (Å²) in [6.45, 7) is 2.27. The zero-order chi connectivity index (χ0) is 10.5. The first-order valence-electron chi connectivity index (χ1n) is 6.42. The second kappa shape index (κ2) is 5.95. The Kier molecular flexibility index (Phi) is 4.58. The van der Waals surface area contributed by atoms with Gasteiger partial charge in [0.15, 0.2) is 0 Å². The first kappa shape index (κ1) is 11.5. The van der Waals surface area contributed by atoms with Crippen LogP contribution in [0.4, 0.5) is 0 Å². The summed E-state index contributed by atoms with van der Waals surface area (Å²) in [5.74, 6) is 1.28. The minimum absolute atomic E-state index is 0.675. The van der Waals surface area contributed by atoms with Gasteiger partial charge in [0.05, 0.1) is 0 Å². The molecule has 86 valence electrons. The van der Waals surface area contributed by atoms with E-state index in [1.807, 2.05) is 0 Å². The maximum atomic E-state index is 3.81. The van der Waals surface area contributed by atoms with Gasteiger partial charge in [0, 0.05) is 17.3 Å². The van der Waals surface area contributed by atoms with Gasteiger partial charge in [-0.25, -0.2) is 0 Å². The molecule has 0 aliphatic heterocycles. The lowest BCUT2D eigenvalue weighted by molar-refractivity contribution is 0.443. The summed E-state index contributed by atoms with van der Waals surface area (Å²) in [7, 11) is 0. The third-order valence-electron chi connectivity index (χ3n) is 3.49. The molecule has 0 radical (unpaired) electrons. The molecule has 1 nitrogen and oxygen atoms in total. The predicted molar refractivity (Wildman–Crippen MR) is 69.5 cm³/mol. The van der Waals surface area contributed by atoms with Gasteiger partial charge in [-0.1, -0.05) is 19.1 Å². The fraction of sp³-hybridized carbons (Fsp3) is 0.846. The lowest BCUT2D eigenvalue weighted by Gasteiger charge is -2.22. The molecular formula is C13H23NS. The molecule has 0 spiro atoms. The van der Waals surface area contributed by atoms with E-state index in [1.165, 1.54) is 44.3 Å². The van der Waals surface area contributed by atoms with Gasteiger partial charge in [0.25, 0.3) is 0 Å². The maximum absolute atomic E-state index is 3.81. The molecule has 2 aliphatic rings. The number of nitrogens with one attached hydrogen (secondary N) is 1. The molecule has 2 aliphatic carbocycles. The monoisotopic (exact) mass is 225 g/mol. The van der Waals surface area contributed by atoms with Gasteiger partial charge in [0.1, 0.15) is 0 Å². The average molecular weight is 225 g/mol. The van der Waals surface area contributed by atoms with Crippen molar-refractivity contribution in [2.75, 3.05) is 5.75 Å². The van der Waals surface area contributed by atoms with Crippen molar-refractivity contribution in [1.82, 2.24) is 5.32 Å². The highest BCUT2D eigenvalue weighted by Gasteiger charge is 2.25. The van der Waals surface area contributed by atoms with Gasteiger partial charge < -0.3 is 5.32 Å². The van der Waals surface area contributed by atoms with E-state index >= 15 is 0 Å². The first-order chi connectivity index (χ1) is 7.38. The van der Waals surface area contributed by atoms with Gasteiger partial charge in [-0.2, -0.15) is 11.8 Å². The van der Waals surface area contributed by atoms with Gasteiger partial charge in [-0.05, 0) is 44.3 Å². The van der Waals surface area contributed by atoms with Crippen LogP contribution < -0.4 is 5.32 Å². The zero-order valence-electron chi connectivity index (χ0n) is 9.74. The normalized spacial score (nSPS) is 35.9. The molecule has 0 heterocycles. The SMILES string of the molecule is CCSC1CCC(NC2C=CCCC2)C1. The molecule has 0 bridgehead atoms. The summed E-state index contributed by atoms with van der Waals surface area (Å²) < 4.78 is 0. The van der Waals surface area contributed by atoms with Crippen LogP contribution >= 0.6 is 11.8 Å². The van der Waals surface area contributed by atoms with Crippen LogP contribution in [0.3, 0.4) is 0 Å². The summed E-state index contributed by atoms with van der Waals surface area (Å²) in [6, 6.07) is 1.47. The Bertz CT molecular complexity index is 215. The highest BCUT2D eigenvalue weighted by atomic mass is 32.2. The van der Waals surface area contributed by atoms with Crippen LogP contribution in [0.1, 0.15) is 45.4 Å². The largest absolute Gasteiger partial charge is 0.308 e. The average Bonchev–Trinajstić information content (AvgIpc) is 2.68. The molecule has 0 aromatic heterocycles. The molecular weight excluding hydrogens is 202 g/mol. The topological polar surface area (TPSA) is 12.0 Å². The summed E-state index contributed by atoms with van der Waals surface area (Å²) >= 11 is 2.15. The molecule has 3 atom stereocenters. The molecule has 3 unspecified atom stereocenters. The van der Waals surface area contributed by atoms with E-state index in [1.54, 1.807) is 0 Å². The summed E-state index contributed by atoms with van der Waals surface area (Å²) in [5.41, 5.74) is 0. The van der Waals surface area contributed by atoms with E-state index in [0.717, 1.165) is 11.3 Å². The standard InChI is InChI=1S/C13H23NS/c1-2-15-13-9-8-12(10-13)14-11-6-4-3-5-7-11/h4,6,11-14H,2-3,5,7-10H2,1H3. The Morgan fingerprint density at radius 2 is 2.27 bits per heavy atom. The van der Waals surface area contributed by atoms with E-state index in [2.05, 4.69) is 36.2 Å². The number of thioether (sulfide) groups is 1. The molecule has 0 aromatic rings. The van der Waals surface area contributed by atoms with Crippen LogP contribution in [0, 0.1) is 0 Å². The summed E-state index contributed by atoms with van der Waals surface area (Å²) in [4.78, 5) is 0. The van der Waals surface area contributed by atoms with Gasteiger partial charge in [-0.3, -0.25) is 0 Å². The van der Waals surface area contributed by atoms with E-state index in [-0.39, 0.29) is 0 Å². The molecule has 0 amide bonds. The summed E-state index contributed by atoms with van der Waals surface area (Å²) in [5, 5.41) is 4.74. The first-order valence-corrected chi connectivity index (χ1v) is 7.47. The van der Waals surface area contributed by atoms with Crippen molar-refractivity contribution in [2.24, 2.45) is 0 Å². The number of hydrogen-bond acceptors (Lipinski definition) is 2. The van der Waals surface area contributed by atoms with Crippen LogP contribution in [0.5, 0.6) is 0 Å². The Hall–Kier alpha value is 0.0500. The van der Waals surface area contributed by atoms with Gasteiger partial charge >= 0.3 is 0 Å². The van der Waals surface area contributed by atoms with Crippen LogP contribution in [0.25, 0.3) is 0 Å². The minimum atomic E-state index is 0.675. The maximum Gasteiger partial charge on any atom is 0.0252 e. The molecule has 0 aromatic carbocycles. The van der Waals surface area contributed by atoms with E-state index in [9.17, 15) is 0 Å². The van der Waals surface area contributed by atoms with Crippen LogP contribution in [-0.2, 0) is 0 Å². The molecule has 1 saturated carbocycles. The lowest BCUT2D eigenvalue weighted by Crippen LogP contribution is -2.36. The van der Waals surface area contributed by atoms with Crippen LogP contribution in [-0.4, -0.2) is 23.1 Å². The molecule has 2 heteroatoms. The molecule has 2 rings (SSSR count). The highest BCUT2D eigenvalue weighted by Crippen LogP contribution is 2.30. The van der Waals surface area contributed by atoms with Crippen molar-refractivity contribution < 1.29 is 0 Å². The lowest BCUT2D eigenvalue weighted by atomic mass is 10.0. The minimum Gasteiger partial charge on any atom is -0.308 e. The zero-order valence-corrected chi connectivity index (χ0v) is 10.6. The molecule has 0 saturated heterocycles. The third-order valence-corrected chi connectivity index (χ3v) is 4.72. The van der Waals surface area contributed by atoms with Crippen molar-refractivity contribution in [1.29, 1.82) is 0 Å². The van der Waals surface area contributed by atoms with Crippen molar-refractivity contribution in [3.05, 3.63) is 12.2 Å². The second-order valence-corrected chi connectivity index (χ2v) is 6.30. The Morgan fingerprint density at radius 3 is 3.00 bits per heavy atom. The fourth-order valence-corrected chi connectivity index (χ4v) is 3.88. The smallest absolute Gasteiger partial charge is 0.0252 e. The molecule has 1 N–H and O–H groups in total. The Balaban J connectivity index is 1.71. The van der Waals surface area contributed by atoms with Crippen molar-refractivity contribution >= 4 is 11.8 Å². The van der Waals surface area contributed by atoms with Crippen molar-refractivity contribution in [3.8, 4) is 0 Å². The Labute approximate surface area is 98.1 Å². The second-order valence-electron chi connectivity index (χ2n) is 4.72. The highest BCUT2D eigenvalue weighted by molar-refractivity contribution is 7.99. The van der Waals surface area contributed by atoms with Crippen LogP contribution in [0.2, 0.25) is 0 Å². The molecule has 15 heavy (non-hydrogen) atoms. The number of allylic oxidation sites excluding steroid dienone is 1. The third kappa shape index (κ3) is 3.53. The van der Waals surface area contributed by atoms with Crippen LogP contribution in [0.15, 0.2) is 12.2 Å².